The lowest BCUT2D eigenvalue weighted by molar-refractivity contribution is -0.115. The third-order valence-corrected chi connectivity index (χ3v) is 3.32. The van der Waals surface area contributed by atoms with Crippen LogP contribution in [0.4, 0.5) is 5.13 Å². The Bertz CT molecular complexity index is 524. The van der Waals surface area contributed by atoms with E-state index in [9.17, 15) is 4.79 Å². The summed E-state index contributed by atoms with van der Waals surface area (Å²) in [6.07, 6.45) is 0.327. The Balaban J connectivity index is 1.95. The number of nitrogens with zero attached hydrogens (tertiary/aromatic N) is 2. The van der Waals surface area contributed by atoms with E-state index < -0.39 is 0 Å². The number of anilines is 1. The highest BCUT2D eigenvalue weighted by atomic mass is 32.1. The first-order chi connectivity index (χ1) is 8.65. The van der Waals surface area contributed by atoms with Crippen LogP contribution in [0.3, 0.4) is 0 Å². The Morgan fingerprint density at radius 2 is 2.11 bits per heavy atom. The number of nitrogens with two attached hydrogens (primary N) is 1. The van der Waals surface area contributed by atoms with Gasteiger partial charge in [0, 0.05) is 0 Å². The van der Waals surface area contributed by atoms with Gasteiger partial charge in [0.15, 0.2) is 0 Å². The normalized spacial score (nSPS) is 12.1. The van der Waals surface area contributed by atoms with Crippen molar-refractivity contribution in [1.82, 2.24) is 10.2 Å². The summed E-state index contributed by atoms with van der Waals surface area (Å²) in [5.41, 5.74) is 6.64. The highest BCUT2D eigenvalue weighted by Crippen LogP contribution is 2.19. The molecule has 1 heterocycles. The number of benzene rings is 1. The van der Waals surface area contributed by atoms with Gasteiger partial charge in [-0.25, -0.2) is 0 Å². The van der Waals surface area contributed by atoms with E-state index in [-0.39, 0.29) is 11.9 Å². The van der Waals surface area contributed by atoms with Crippen LogP contribution >= 0.6 is 11.3 Å². The van der Waals surface area contributed by atoms with Crippen molar-refractivity contribution in [3.63, 3.8) is 0 Å². The Morgan fingerprint density at radius 3 is 2.72 bits per heavy atom. The molecular formula is C12H14N4OS. The summed E-state index contributed by atoms with van der Waals surface area (Å²) in [4.78, 5) is 11.8. The van der Waals surface area contributed by atoms with Crippen LogP contribution in [-0.2, 0) is 11.2 Å². The molecule has 0 saturated carbocycles. The maximum Gasteiger partial charge on any atom is 0.230 e. The van der Waals surface area contributed by atoms with E-state index in [1.165, 1.54) is 11.3 Å². The summed E-state index contributed by atoms with van der Waals surface area (Å²) >= 11 is 1.30. The lowest BCUT2D eigenvalue weighted by Crippen LogP contribution is -2.14. The van der Waals surface area contributed by atoms with Gasteiger partial charge in [-0.3, -0.25) is 4.79 Å². The first-order valence-corrected chi connectivity index (χ1v) is 6.39. The molecule has 0 aliphatic carbocycles. The number of aromatic nitrogens is 2. The summed E-state index contributed by atoms with van der Waals surface area (Å²) in [6, 6.07) is 9.38. The second-order valence-corrected chi connectivity index (χ2v) is 4.95. The van der Waals surface area contributed by atoms with Crippen molar-refractivity contribution < 1.29 is 4.79 Å². The smallest absolute Gasteiger partial charge is 0.230 e. The lowest BCUT2D eigenvalue weighted by Gasteiger charge is -2.01. The van der Waals surface area contributed by atoms with Crippen LogP contribution in [0.15, 0.2) is 30.3 Å². The van der Waals surface area contributed by atoms with Crippen LogP contribution in [0.1, 0.15) is 23.5 Å². The minimum atomic E-state index is -0.165. The van der Waals surface area contributed by atoms with Crippen LogP contribution in [-0.4, -0.2) is 16.1 Å². The molecule has 0 bridgehead atoms. The van der Waals surface area contributed by atoms with Crippen molar-refractivity contribution in [3.8, 4) is 0 Å². The summed E-state index contributed by atoms with van der Waals surface area (Å²) in [5.74, 6) is -0.103. The number of carbonyl (C=O) groups is 1. The van der Waals surface area contributed by atoms with Crippen LogP contribution < -0.4 is 11.1 Å². The van der Waals surface area contributed by atoms with E-state index in [1.54, 1.807) is 0 Å². The highest BCUT2D eigenvalue weighted by molar-refractivity contribution is 7.15. The zero-order chi connectivity index (χ0) is 13.0. The van der Waals surface area contributed by atoms with Gasteiger partial charge in [0.05, 0.1) is 12.5 Å². The van der Waals surface area contributed by atoms with E-state index in [4.69, 9.17) is 5.73 Å². The number of hydrogen-bond acceptors (Lipinski definition) is 5. The Kier molecular flexibility index (Phi) is 4.01. The van der Waals surface area contributed by atoms with Crippen molar-refractivity contribution in [3.05, 3.63) is 40.9 Å². The van der Waals surface area contributed by atoms with Gasteiger partial charge in [-0.15, -0.1) is 10.2 Å². The third-order valence-electron chi connectivity index (χ3n) is 2.28. The van der Waals surface area contributed by atoms with E-state index in [0.717, 1.165) is 5.56 Å². The average Bonchev–Trinajstić information content (AvgIpc) is 2.78. The van der Waals surface area contributed by atoms with Crippen molar-refractivity contribution in [1.29, 1.82) is 0 Å². The second kappa shape index (κ2) is 5.70. The average molecular weight is 262 g/mol. The van der Waals surface area contributed by atoms with Gasteiger partial charge in [0.1, 0.15) is 5.01 Å². The fourth-order valence-electron chi connectivity index (χ4n) is 1.41. The fourth-order valence-corrected chi connectivity index (χ4v) is 2.13. The number of carbonyl (C=O) groups excluding carboxylic acids is 1. The third kappa shape index (κ3) is 3.35. The van der Waals surface area contributed by atoms with Gasteiger partial charge in [0.25, 0.3) is 0 Å². The predicted molar refractivity (Wildman–Crippen MR) is 71.3 cm³/mol. The molecule has 2 rings (SSSR count). The summed E-state index contributed by atoms with van der Waals surface area (Å²) in [6.45, 7) is 1.83. The molecule has 0 fully saturated rings. The minimum Gasteiger partial charge on any atom is -0.322 e. The molecule has 0 aliphatic heterocycles. The Morgan fingerprint density at radius 1 is 1.39 bits per heavy atom. The van der Waals surface area contributed by atoms with E-state index in [0.29, 0.717) is 16.6 Å². The fraction of sp³-hybridized carbons (Fsp3) is 0.250. The maximum atomic E-state index is 11.8. The summed E-state index contributed by atoms with van der Waals surface area (Å²) in [7, 11) is 0. The molecule has 0 spiro atoms. The van der Waals surface area contributed by atoms with Crippen molar-refractivity contribution >= 4 is 22.4 Å². The molecule has 1 amide bonds. The molecule has 18 heavy (non-hydrogen) atoms. The molecule has 3 N–H and O–H groups in total. The molecule has 1 aromatic carbocycles. The van der Waals surface area contributed by atoms with Gasteiger partial charge < -0.3 is 11.1 Å². The zero-order valence-electron chi connectivity index (χ0n) is 9.96. The predicted octanol–water partition coefficient (Wildman–Crippen LogP) is 1.74. The van der Waals surface area contributed by atoms with Crippen LogP contribution in [0, 0.1) is 0 Å². The molecule has 5 nitrogen and oxygen atoms in total. The molecule has 1 unspecified atom stereocenters. The molecule has 2 aromatic rings. The first-order valence-electron chi connectivity index (χ1n) is 5.58. The van der Waals surface area contributed by atoms with Crippen LogP contribution in [0.2, 0.25) is 0 Å². The Hall–Kier alpha value is -1.79. The van der Waals surface area contributed by atoms with Crippen molar-refractivity contribution in [2.24, 2.45) is 5.73 Å². The van der Waals surface area contributed by atoms with Gasteiger partial charge >= 0.3 is 0 Å². The lowest BCUT2D eigenvalue weighted by atomic mass is 10.1. The minimum absolute atomic E-state index is 0.103. The van der Waals surface area contributed by atoms with Gasteiger partial charge in [-0.1, -0.05) is 41.7 Å². The van der Waals surface area contributed by atoms with E-state index in [1.807, 2.05) is 37.3 Å². The molecule has 6 heteroatoms. The highest BCUT2D eigenvalue weighted by Gasteiger charge is 2.10. The molecular weight excluding hydrogens is 248 g/mol. The Labute approximate surface area is 109 Å². The van der Waals surface area contributed by atoms with Crippen LogP contribution in [0.5, 0.6) is 0 Å². The SMILES string of the molecule is CC(N)c1nnc(NC(=O)Cc2ccccc2)s1. The molecule has 1 aromatic heterocycles. The number of amides is 1. The quantitative estimate of drug-likeness (QED) is 0.879. The molecule has 94 valence electrons. The van der Waals surface area contributed by atoms with Gasteiger partial charge in [-0.05, 0) is 12.5 Å². The zero-order valence-corrected chi connectivity index (χ0v) is 10.8. The molecule has 0 saturated heterocycles. The summed E-state index contributed by atoms with van der Waals surface area (Å²) < 4.78 is 0. The summed E-state index contributed by atoms with van der Waals surface area (Å²) in [5, 5.41) is 11.7. The van der Waals surface area contributed by atoms with Gasteiger partial charge in [-0.2, -0.15) is 0 Å². The molecule has 0 aliphatic rings. The number of hydrogen-bond donors (Lipinski definition) is 2. The molecule has 0 radical (unpaired) electrons. The second-order valence-electron chi connectivity index (χ2n) is 3.94. The van der Waals surface area contributed by atoms with Crippen molar-refractivity contribution in [2.45, 2.75) is 19.4 Å². The van der Waals surface area contributed by atoms with Crippen molar-refractivity contribution in [2.75, 3.05) is 5.32 Å². The number of nitrogens with one attached hydrogen (secondary N) is 1. The maximum absolute atomic E-state index is 11.8. The standard InChI is InChI=1S/C12H14N4OS/c1-8(13)11-15-16-12(18-11)14-10(17)7-9-5-3-2-4-6-9/h2-6,8H,7,13H2,1H3,(H,14,16,17). The van der Waals surface area contributed by atoms with Gasteiger partial charge in [0.2, 0.25) is 11.0 Å². The largest absolute Gasteiger partial charge is 0.322 e. The first kappa shape index (κ1) is 12.7. The van der Waals surface area contributed by atoms with Crippen LogP contribution in [0.25, 0.3) is 0 Å². The monoisotopic (exact) mass is 262 g/mol. The van der Waals surface area contributed by atoms with E-state index >= 15 is 0 Å². The van der Waals surface area contributed by atoms with E-state index in [2.05, 4.69) is 15.5 Å². The number of rotatable bonds is 4. The molecule has 1 atom stereocenters. The topological polar surface area (TPSA) is 80.9 Å².